The average molecular weight is 478 g/mol. The molecule has 3 aromatic carbocycles. The Kier molecular flexibility index (Phi) is 8.37. The molecule has 0 aliphatic heterocycles. The zero-order valence-electron chi connectivity index (χ0n) is 20.0. The maximum atomic E-state index is 14.0. The van der Waals surface area contributed by atoms with Crippen molar-refractivity contribution in [3.05, 3.63) is 83.7 Å². The molecule has 1 saturated carbocycles. The summed E-state index contributed by atoms with van der Waals surface area (Å²) in [6.45, 7) is 2.44. The molecule has 3 aromatic rings. The summed E-state index contributed by atoms with van der Waals surface area (Å²) in [6.07, 6.45) is 4.20. The molecule has 2 N–H and O–H groups in total. The summed E-state index contributed by atoms with van der Waals surface area (Å²) in [5.74, 6) is 0.140. The second-order valence-corrected chi connectivity index (χ2v) is 9.02. The Morgan fingerprint density at radius 3 is 2.46 bits per heavy atom. The van der Waals surface area contributed by atoms with Gasteiger partial charge in [-0.2, -0.15) is 0 Å². The fourth-order valence-electron chi connectivity index (χ4n) is 4.54. The van der Waals surface area contributed by atoms with Gasteiger partial charge in [0.1, 0.15) is 17.3 Å². The lowest BCUT2D eigenvalue weighted by molar-refractivity contribution is -0.118. The van der Waals surface area contributed by atoms with E-state index in [0.717, 1.165) is 25.7 Å². The van der Waals surface area contributed by atoms with Gasteiger partial charge in [-0.15, -0.1) is 0 Å². The number of phenolic OH excluding ortho intramolecular Hbond substituents is 1. The molecule has 0 radical (unpaired) electrons. The number of halogens is 1. The molecule has 0 unspecified atom stereocenters. The van der Waals surface area contributed by atoms with Gasteiger partial charge in [0.05, 0.1) is 18.8 Å². The lowest BCUT2D eigenvalue weighted by Gasteiger charge is -2.29. The average Bonchev–Trinajstić information content (AvgIpc) is 2.85. The smallest absolute Gasteiger partial charge is 0.216 e. The van der Waals surface area contributed by atoms with E-state index in [2.05, 4.69) is 17.4 Å². The molecule has 1 amide bonds. The monoisotopic (exact) mass is 477 g/mol. The van der Waals surface area contributed by atoms with Gasteiger partial charge in [-0.1, -0.05) is 42.5 Å². The van der Waals surface area contributed by atoms with Gasteiger partial charge in [-0.05, 0) is 67.0 Å². The highest BCUT2D eigenvalue weighted by Crippen LogP contribution is 2.37. The van der Waals surface area contributed by atoms with Gasteiger partial charge in [-0.3, -0.25) is 4.79 Å². The van der Waals surface area contributed by atoms with Crippen molar-refractivity contribution in [1.82, 2.24) is 5.32 Å². The van der Waals surface area contributed by atoms with E-state index in [1.54, 1.807) is 18.2 Å². The second kappa shape index (κ2) is 11.8. The third-order valence-electron chi connectivity index (χ3n) is 6.34. The van der Waals surface area contributed by atoms with Gasteiger partial charge in [0.25, 0.3) is 0 Å². The number of carbonyl (C=O) groups is 1. The minimum Gasteiger partial charge on any atom is -0.508 e. The number of benzene rings is 3. The molecule has 1 aliphatic carbocycles. The van der Waals surface area contributed by atoms with Crippen LogP contribution < -0.4 is 10.1 Å². The van der Waals surface area contributed by atoms with Crippen LogP contribution in [0.5, 0.6) is 11.5 Å². The summed E-state index contributed by atoms with van der Waals surface area (Å²) < 4.78 is 26.3. The highest BCUT2D eigenvalue weighted by Gasteiger charge is 2.24. The van der Waals surface area contributed by atoms with Crippen LogP contribution in [0.25, 0.3) is 11.1 Å². The number of phenols is 1. The van der Waals surface area contributed by atoms with E-state index in [1.807, 2.05) is 24.3 Å². The SMILES string of the molecule is CC(=O)NCCc1c(O)cc(OC2CCC(OCc3ccccc3)CC2)cc1-c1cccc(F)c1. The predicted octanol–water partition coefficient (Wildman–Crippen LogP) is 5.78. The number of amides is 1. The van der Waals surface area contributed by atoms with Crippen molar-refractivity contribution in [3.63, 3.8) is 0 Å². The van der Waals surface area contributed by atoms with Crippen LogP contribution in [-0.2, 0) is 22.6 Å². The van der Waals surface area contributed by atoms with Gasteiger partial charge in [-0.25, -0.2) is 4.39 Å². The Balaban J connectivity index is 1.42. The van der Waals surface area contributed by atoms with Crippen LogP contribution in [0, 0.1) is 5.82 Å². The van der Waals surface area contributed by atoms with Crippen LogP contribution in [-0.4, -0.2) is 29.8 Å². The zero-order valence-corrected chi connectivity index (χ0v) is 20.0. The largest absolute Gasteiger partial charge is 0.508 e. The van der Waals surface area contributed by atoms with Crippen molar-refractivity contribution in [1.29, 1.82) is 0 Å². The number of nitrogens with one attached hydrogen (secondary N) is 1. The number of hydrogen-bond acceptors (Lipinski definition) is 4. The van der Waals surface area contributed by atoms with Crippen molar-refractivity contribution in [3.8, 4) is 22.6 Å². The highest BCUT2D eigenvalue weighted by atomic mass is 19.1. The van der Waals surface area contributed by atoms with Crippen LogP contribution >= 0.6 is 0 Å². The summed E-state index contributed by atoms with van der Waals surface area (Å²) in [6, 6.07) is 19.9. The standard InChI is InChI=1S/C29H32FNO4/c1-20(32)31-15-14-27-28(22-8-5-9-23(30)16-22)17-26(18-29(27)33)35-25-12-10-24(11-13-25)34-19-21-6-3-2-4-7-21/h2-9,16-18,24-25,33H,10-15,19H2,1H3,(H,31,32). The van der Waals surface area contributed by atoms with Crippen LogP contribution in [0.15, 0.2) is 66.7 Å². The van der Waals surface area contributed by atoms with Crippen LogP contribution in [0.2, 0.25) is 0 Å². The van der Waals surface area contributed by atoms with Crippen molar-refractivity contribution in [2.75, 3.05) is 6.54 Å². The first-order valence-electron chi connectivity index (χ1n) is 12.2. The number of ether oxygens (including phenoxy) is 2. The molecule has 0 spiro atoms. The summed E-state index contributed by atoms with van der Waals surface area (Å²) >= 11 is 0. The molecule has 6 heteroatoms. The maximum Gasteiger partial charge on any atom is 0.216 e. The first-order valence-corrected chi connectivity index (χ1v) is 12.2. The number of aromatic hydroxyl groups is 1. The van der Waals surface area contributed by atoms with Crippen LogP contribution in [0.1, 0.15) is 43.7 Å². The molecule has 0 bridgehead atoms. The molecule has 0 aromatic heterocycles. The topological polar surface area (TPSA) is 67.8 Å². The van der Waals surface area contributed by atoms with E-state index in [9.17, 15) is 14.3 Å². The van der Waals surface area contributed by atoms with Crippen LogP contribution in [0.3, 0.4) is 0 Å². The van der Waals surface area contributed by atoms with Gasteiger partial charge in [0.2, 0.25) is 5.91 Å². The molecular weight excluding hydrogens is 445 g/mol. The van der Waals surface area contributed by atoms with Crippen molar-refractivity contribution >= 4 is 5.91 Å². The summed E-state index contributed by atoms with van der Waals surface area (Å²) in [4.78, 5) is 11.3. The van der Waals surface area contributed by atoms with Crippen LogP contribution in [0.4, 0.5) is 4.39 Å². The normalized spacial score (nSPS) is 17.7. The Hall–Kier alpha value is -3.38. The van der Waals surface area contributed by atoms with Crippen molar-refractivity contribution in [2.45, 2.75) is 57.8 Å². The lowest BCUT2D eigenvalue weighted by atomic mass is 9.94. The number of hydrogen-bond donors (Lipinski definition) is 2. The first kappa shape index (κ1) is 24.7. The lowest BCUT2D eigenvalue weighted by Crippen LogP contribution is -2.28. The Bertz CT molecular complexity index is 1130. The molecule has 0 atom stereocenters. The molecular formula is C29H32FNO4. The number of rotatable bonds is 9. The fraction of sp³-hybridized carbons (Fsp3) is 0.345. The molecule has 184 valence electrons. The van der Waals surface area contributed by atoms with Crippen molar-refractivity contribution in [2.24, 2.45) is 0 Å². The molecule has 0 saturated heterocycles. The number of carbonyl (C=O) groups excluding carboxylic acids is 1. The third-order valence-corrected chi connectivity index (χ3v) is 6.34. The molecule has 1 aliphatic rings. The van der Waals surface area contributed by atoms with E-state index < -0.39 is 0 Å². The molecule has 0 heterocycles. The first-order chi connectivity index (χ1) is 17.0. The van der Waals surface area contributed by atoms with E-state index in [4.69, 9.17) is 9.47 Å². The summed E-state index contributed by atoms with van der Waals surface area (Å²) in [7, 11) is 0. The van der Waals surface area contributed by atoms with E-state index in [0.29, 0.717) is 42.0 Å². The zero-order chi connectivity index (χ0) is 24.6. The van der Waals surface area contributed by atoms with Gasteiger partial charge in [0.15, 0.2) is 0 Å². The van der Waals surface area contributed by atoms with Gasteiger partial charge < -0.3 is 19.9 Å². The van der Waals surface area contributed by atoms with Crippen molar-refractivity contribution < 1.29 is 23.8 Å². The van der Waals surface area contributed by atoms with E-state index in [1.165, 1.54) is 24.6 Å². The van der Waals surface area contributed by atoms with E-state index >= 15 is 0 Å². The maximum absolute atomic E-state index is 14.0. The summed E-state index contributed by atoms with van der Waals surface area (Å²) in [5, 5.41) is 13.6. The highest BCUT2D eigenvalue weighted by molar-refractivity contribution is 5.74. The molecule has 35 heavy (non-hydrogen) atoms. The molecule has 1 fully saturated rings. The van der Waals surface area contributed by atoms with E-state index in [-0.39, 0.29) is 29.7 Å². The van der Waals surface area contributed by atoms with Gasteiger partial charge in [0, 0.05) is 25.1 Å². The fourth-order valence-corrected chi connectivity index (χ4v) is 4.54. The Labute approximate surface area is 205 Å². The molecule has 4 rings (SSSR count). The Morgan fingerprint density at radius 2 is 1.74 bits per heavy atom. The quantitative estimate of drug-likeness (QED) is 0.410. The predicted molar refractivity (Wildman–Crippen MR) is 134 cm³/mol. The minimum atomic E-state index is -0.352. The minimum absolute atomic E-state index is 0.0246. The summed E-state index contributed by atoms with van der Waals surface area (Å²) in [5.41, 5.74) is 3.17. The Morgan fingerprint density at radius 1 is 1.00 bits per heavy atom. The molecule has 5 nitrogen and oxygen atoms in total. The van der Waals surface area contributed by atoms with Gasteiger partial charge >= 0.3 is 0 Å². The third kappa shape index (κ3) is 7.06. The second-order valence-electron chi connectivity index (χ2n) is 9.02.